The third kappa shape index (κ3) is 14.1. The molecule has 3 unspecified atom stereocenters. The highest BCUT2D eigenvalue weighted by atomic mass is 19.2. The lowest BCUT2D eigenvalue weighted by atomic mass is 9.78. The summed E-state index contributed by atoms with van der Waals surface area (Å²) in [5, 5.41) is 0. The van der Waals surface area contributed by atoms with Gasteiger partial charge in [-0.25, -0.2) is 13.2 Å². The van der Waals surface area contributed by atoms with Crippen LogP contribution in [0, 0.1) is 46.9 Å². The van der Waals surface area contributed by atoms with Crippen LogP contribution < -0.4 is 18.9 Å². The number of hydrogen-bond acceptors (Lipinski definition) is 4. The summed E-state index contributed by atoms with van der Waals surface area (Å²) in [5.41, 5.74) is 0. The molecule has 0 heterocycles. The fourth-order valence-electron chi connectivity index (χ4n) is 8.02. The van der Waals surface area contributed by atoms with E-state index in [1.807, 2.05) is 0 Å². The fourth-order valence-corrected chi connectivity index (χ4v) is 8.02. The van der Waals surface area contributed by atoms with Crippen molar-refractivity contribution in [1.82, 2.24) is 0 Å². The summed E-state index contributed by atoms with van der Waals surface area (Å²) in [6.07, 6.45) is 12.5. The SMILES string of the molecule is CCCCCCCCC1CCC(CC(F)COc2ccc(OCC(F)CC3CCC(CC(F)COc4ccc(OC)c(F)c4F)CC3)c(F)c2F)CC1. The number of methoxy groups -OCH3 is 1. The van der Waals surface area contributed by atoms with E-state index < -0.39 is 66.5 Å². The maximum Gasteiger partial charge on any atom is 0.204 e. The molecule has 0 aromatic heterocycles. The molecule has 0 spiro atoms. The van der Waals surface area contributed by atoms with E-state index in [1.165, 1.54) is 76.3 Å². The number of ether oxygens (including phenoxy) is 4. The van der Waals surface area contributed by atoms with Gasteiger partial charge >= 0.3 is 0 Å². The lowest BCUT2D eigenvalue weighted by Gasteiger charge is -2.30. The highest BCUT2D eigenvalue weighted by Gasteiger charge is 2.28. The molecule has 2 aromatic carbocycles. The molecule has 2 aliphatic carbocycles. The summed E-state index contributed by atoms with van der Waals surface area (Å²) >= 11 is 0. The molecule has 0 radical (unpaired) electrons. The van der Waals surface area contributed by atoms with Gasteiger partial charge in [0.1, 0.15) is 38.3 Å². The van der Waals surface area contributed by atoms with Crippen LogP contribution in [0.5, 0.6) is 23.0 Å². The predicted molar refractivity (Wildman–Crippen MR) is 193 cm³/mol. The molecular formula is C42H59F7O4. The molecule has 0 N–H and O–H groups in total. The van der Waals surface area contributed by atoms with Crippen molar-refractivity contribution in [3.8, 4) is 23.0 Å². The van der Waals surface area contributed by atoms with Crippen LogP contribution in [0.4, 0.5) is 30.7 Å². The van der Waals surface area contributed by atoms with Gasteiger partial charge in [0.25, 0.3) is 0 Å². The van der Waals surface area contributed by atoms with Crippen molar-refractivity contribution in [1.29, 1.82) is 0 Å². The Morgan fingerprint density at radius 1 is 0.491 bits per heavy atom. The Morgan fingerprint density at radius 2 is 0.811 bits per heavy atom. The second-order valence-electron chi connectivity index (χ2n) is 15.3. The number of halogens is 7. The van der Waals surface area contributed by atoms with E-state index in [0.29, 0.717) is 32.1 Å². The van der Waals surface area contributed by atoms with Gasteiger partial charge in [0.2, 0.25) is 23.3 Å². The fraction of sp³-hybridized carbons (Fsp3) is 0.714. The molecule has 53 heavy (non-hydrogen) atoms. The molecule has 300 valence electrons. The summed E-state index contributed by atoms with van der Waals surface area (Å²) in [7, 11) is 1.21. The van der Waals surface area contributed by atoms with E-state index in [2.05, 4.69) is 6.92 Å². The number of alkyl halides is 3. The van der Waals surface area contributed by atoms with Crippen LogP contribution >= 0.6 is 0 Å². The van der Waals surface area contributed by atoms with Gasteiger partial charge in [-0.2, -0.15) is 17.6 Å². The zero-order valence-electron chi connectivity index (χ0n) is 31.5. The maximum atomic E-state index is 14.8. The number of unbranched alkanes of at least 4 members (excludes halogenated alkanes) is 5. The number of hydrogen-bond donors (Lipinski definition) is 0. The van der Waals surface area contributed by atoms with E-state index in [0.717, 1.165) is 31.6 Å². The van der Waals surface area contributed by atoms with Crippen LogP contribution in [0.25, 0.3) is 0 Å². The smallest absolute Gasteiger partial charge is 0.204 e. The first-order valence-electron chi connectivity index (χ1n) is 19.9. The summed E-state index contributed by atoms with van der Waals surface area (Å²) in [6.45, 7) is 0.970. The van der Waals surface area contributed by atoms with Crippen LogP contribution in [0.3, 0.4) is 0 Å². The minimum absolute atomic E-state index is 0.0293. The van der Waals surface area contributed by atoms with Crippen molar-refractivity contribution in [2.45, 2.75) is 141 Å². The van der Waals surface area contributed by atoms with Gasteiger partial charge in [0, 0.05) is 0 Å². The lowest BCUT2D eigenvalue weighted by molar-refractivity contribution is 0.122. The summed E-state index contributed by atoms with van der Waals surface area (Å²) in [5.74, 6) is -5.47. The minimum Gasteiger partial charge on any atom is -0.494 e. The molecule has 0 amide bonds. The van der Waals surface area contributed by atoms with Crippen molar-refractivity contribution in [3.05, 3.63) is 47.5 Å². The third-order valence-electron chi connectivity index (χ3n) is 11.2. The highest BCUT2D eigenvalue weighted by molar-refractivity contribution is 5.36. The Morgan fingerprint density at radius 3 is 1.19 bits per heavy atom. The van der Waals surface area contributed by atoms with Crippen molar-refractivity contribution >= 4 is 0 Å². The summed E-state index contributed by atoms with van der Waals surface area (Å²) in [4.78, 5) is 0. The average molecular weight is 761 g/mol. The van der Waals surface area contributed by atoms with Gasteiger partial charge in [0.05, 0.1) is 7.11 Å². The first kappa shape index (κ1) is 42.9. The average Bonchev–Trinajstić information content (AvgIpc) is 3.15. The maximum absolute atomic E-state index is 14.8. The first-order chi connectivity index (χ1) is 25.6. The Hall–Kier alpha value is -2.85. The molecular weight excluding hydrogens is 701 g/mol. The number of benzene rings is 2. The highest BCUT2D eigenvalue weighted by Crippen LogP contribution is 2.37. The predicted octanol–water partition coefficient (Wildman–Crippen LogP) is 12.6. The molecule has 11 heteroatoms. The second kappa shape index (κ2) is 22.5. The molecule has 3 atom stereocenters. The van der Waals surface area contributed by atoms with Crippen LogP contribution in [0.1, 0.15) is 122 Å². The molecule has 4 rings (SSSR count). The van der Waals surface area contributed by atoms with Crippen LogP contribution in [0.2, 0.25) is 0 Å². The molecule has 2 aromatic rings. The van der Waals surface area contributed by atoms with Gasteiger partial charge in [0.15, 0.2) is 23.0 Å². The Balaban J connectivity index is 1.08. The zero-order chi connectivity index (χ0) is 38.2. The van der Waals surface area contributed by atoms with Crippen molar-refractivity contribution in [2.24, 2.45) is 23.7 Å². The quantitative estimate of drug-likeness (QED) is 0.0835. The monoisotopic (exact) mass is 760 g/mol. The van der Waals surface area contributed by atoms with Gasteiger partial charge in [-0.3, -0.25) is 0 Å². The van der Waals surface area contributed by atoms with Gasteiger partial charge < -0.3 is 18.9 Å². The lowest BCUT2D eigenvalue weighted by Crippen LogP contribution is -2.24. The second-order valence-corrected chi connectivity index (χ2v) is 15.3. The van der Waals surface area contributed by atoms with Crippen molar-refractivity contribution in [3.63, 3.8) is 0 Å². The van der Waals surface area contributed by atoms with Gasteiger partial charge in [-0.05, 0) is 67.2 Å². The normalized spacial score (nSPS) is 22.2. The molecule has 0 saturated heterocycles. The van der Waals surface area contributed by atoms with Crippen molar-refractivity contribution < 1.29 is 49.7 Å². The molecule has 4 nitrogen and oxygen atoms in total. The standard InChI is InChI=1S/C42H59F7O4/c1-3-4-5-6-7-8-9-28-10-12-29(13-11-28)22-32(43)26-52-37-20-21-38(42(49)41(37)48)53-27-34(45)24-31-16-14-30(15-17-31)23-33(44)25-51-36-19-18-35(50-2)39(46)40(36)47/h18-21,28-34H,3-17,22-27H2,1-2H3. The van der Waals surface area contributed by atoms with Crippen LogP contribution in [0.15, 0.2) is 24.3 Å². The van der Waals surface area contributed by atoms with Crippen LogP contribution in [-0.2, 0) is 0 Å². The zero-order valence-corrected chi connectivity index (χ0v) is 31.5. The van der Waals surface area contributed by atoms with E-state index in [9.17, 15) is 30.7 Å². The molecule has 0 aliphatic heterocycles. The first-order valence-corrected chi connectivity index (χ1v) is 19.9. The Labute approximate surface area is 311 Å². The van der Waals surface area contributed by atoms with E-state index in [-0.39, 0.29) is 48.7 Å². The Bertz CT molecular complexity index is 1350. The Kier molecular flexibility index (Phi) is 18.2. The molecule has 0 bridgehead atoms. The topological polar surface area (TPSA) is 36.9 Å². The van der Waals surface area contributed by atoms with Gasteiger partial charge in [-0.1, -0.05) is 103 Å². The van der Waals surface area contributed by atoms with E-state index >= 15 is 0 Å². The molecule has 2 fully saturated rings. The molecule has 2 saturated carbocycles. The number of rotatable bonds is 23. The largest absolute Gasteiger partial charge is 0.494 e. The van der Waals surface area contributed by atoms with E-state index in [4.69, 9.17) is 18.9 Å². The summed E-state index contributed by atoms with van der Waals surface area (Å²) < 4.78 is 122. The summed E-state index contributed by atoms with van der Waals surface area (Å²) in [6, 6.07) is 4.74. The molecule has 2 aliphatic rings. The minimum atomic E-state index is -1.42. The van der Waals surface area contributed by atoms with Crippen molar-refractivity contribution in [2.75, 3.05) is 26.9 Å². The van der Waals surface area contributed by atoms with Crippen LogP contribution in [-0.4, -0.2) is 45.4 Å². The third-order valence-corrected chi connectivity index (χ3v) is 11.2. The van der Waals surface area contributed by atoms with E-state index in [1.54, 1.807) is 0 Å². The van der Waals surface area contributed by atoms with Gasteiger partial charge in [-0.15, -0.1) is 0 Å².